The van der Waals surface area contributed by atoms with Gasteiger partial charge < -0.3 is 9.64 Å². The second-order valence-electron chi connectivity index (χ2n) is 7.48. The molecule has 1 amide bonds. The van der Waals surface area contributed by atoms with Gasteiger partial charge in [-0.3, -0.25) is 9.48 Å². The van der Waals surface area contributed by atoms with Crippen molar-refractivity contribution < 1.29 is 9.53 Å². The summed E-state index contributed by atoms with van der Waals surface area (Å²) in [5.41, 5.74) is 3.33. The highest BCUT2D eigenvalue weighted by atomic mass is 16.5. The van der Waals surface area contributed by atoms with Crippen LogP contribution in [0.25, 0.3) is 11.3 Å². The summed E-state index contributed by atoms with van der Waals surface area (Å²) in [4.78, 5) is 15.4. The summed E-state index contributed by atoms with van der Waals surface area (Å²) >= 11 is 0. The van der Waals surface area contributed by atoms with Crippen LogP contribution in [-0.2, 0) is 6.54 Å². The molecule has 29 heavy (non-hydrogen) atoms. The lowest BCUT2D eigenvalue weighted by Crippen LogP contribution is -2.32. The fourth-order valence-electron chi connectivity index (χ4n) is 3.91. The molecule has 1 aliphatic rings. The molecule has 1 fully saturated rings. The van der Waals surface area contributed by atoms with E-state index in [0.29, 0.717) is 17.8 Å². The average molecular weight is 389 g/mol. The van der Waals surface area contributed by atoms with Crippen molar-refractivity contribution in [1.29, 1.82) is 0 Å². The van der Waals surface area contributed by atoms with Crippen LogP contribution in [0.3, 0.4) is 0 Å². The van der Waals surface area contributed by atoms with Crippen LogP contribution in [0.1, 0.15) is 41.6 Å². The molecule has 0 N–H and O–H groups in total. The maximum atomic E-state index is 13.4. The molecule has 1 aromatic heterocycles. The van der Waals surface area contributed by atoms with Crippen molar-refractivity contribution in [2.75, 3.05) is 20.2 Å². The molecule has 2 aromatic carbocycles. The van der Waals surface area contributed by atoms with Gasteiger partial charge in [-0.15, -0.1) is 0 Å². The predicted molar refractivity (Wildman–Crippen MR) is 114 cm³/mol. The highest BCUT2D eigenvalue weighted by Gasteiger charge is 2.25. The van der Waals surface area contributed by atoms with E-state index in [1.807, 2.05) is 58.2 Å². The van der Waals surface area contributed by atoms with Crippen LogP contribution in [-0.4, -0.2) is 40.8 Å². The van der Waals surface area contributed by atoms with E-state index in [1.165, 1.54) is 12.8 Å². The molecule has 0 saturated carbocycles. The van der Waals surface area contributed by atoms with Gasteiger partial charge in [-0.1, -0.05) is 55.3 Å². The number of hydrogen-bond acceptors (Lipinski definition) is 3. The molecule has 3 aromatic rings. The van der Waals surface area contributed by atoms with E-state index in [2.05, 4.69) is 12.1 Å². The highest BCUT2D eigenvalue weighted by Crippen LogP contribution is 2.32. The molecule has 2 heterocycles. The molecular weight excluding hydrogens is 362 g/mol. The molecule has 150 valence electrons. The van der Waals surface area contributed by atoms with Crippen LogP contribution in [0.2, 0.25) is 0 Å². The van der Waals surface area contributed by atoms with E-state index >= 15 is 0 Å². The van der Waals surface area contributed by atoms with Crippen LogP contribution >= 0.6 is 0 Å². The molecule has 1 saturated heterocycles. The molecule has 0 unspecified atom stereocenters. The standard InChI is InChI=1S/C24H27N3O2/c1-29-22-14-8-7-13-20(22)23-21(24(28)26-15-9-2-3-10-16-26)18-27(25-23)17-19-11-5-4-6-12-19/h4-8,11-14,18H,2-3,9-10,15-17H2,1H3. The third-order valence-electron chi connectivity index (χ3n) is 5.43. The molecule has 0 aliphatic carbocycles. The van der Waals surface area contributed by atoms with Gasteiger partial charge in [-0.05, 0) is 30.5 Å². The van der Waals surface area contributed by atoms with Gasteiger partial charge >= 0.3 is 0 Å². The lowest BCUT2D eigenvalue weighted by Gasteiger charge is -2.20. The van der Waals surface area contributed by atoms with Crippen LogP contribution in [0.4, 0.5) is 0 Å². The number of amides is 1. The first-order chi connectivity index (χ1) is 14.3. The topological polar surface area (TPSA) is 47.4 Å². The number of carbonyl (C=O) groups excluding carboxylic acids is 1. The summed E-state index contributed by atoms with van der Waals surface area (Å²) in [7, 11) is 1.65. The van der Waals surface area contributed by atoms with E-state index in [9.17, 15) is 4.79 Å². The Kier molecular flexibility index (Phi) is 5.94. The van der Waals surface area contributed by atoms with Crippen molar-refractivity contribution in [1.82, 2.24) is 14.7 Å². The number of nitrogens with zero attached hydrogens (tertiary/aromatic N) is 3. The third-order valence-corrected chi connectivity index (χ3v) is 5.43. The molecule has 0 spiro atoms. The Morgan fingerprint density at radius 3 is 2.38 bits per heavy atom. The van der Waals surface area contributed by atoms with E-state index in [1.54, 1.807) is 7.11 Å². The molecule has 0 radical (unpaired) electrons. The summed E-state index contributed by atoms with van der Waals surface area (Å²) in [6.07, 6.45) is 6.40. The number of benzene rings is 2. The number of carbonyl (C=O) groups is 1. The zero-order valence-electron chi connectivity index (χ0n) is 16.9. The zero-order valence-corrected chi connectivity index (χ0v) is 16.9. The molecule has 5 heteroatoms. The van der Waals surface area contributed by atoms with Crippen LogP contribution in [0, 0.1) is 0 Å². The highest BCUT2D eigenvalue weighted by molar-refractivity contribution is 6.00. The van der Waals surface area contributed by atoms with Crippen molar-refractivity contribution in [2.45, 2.75) is 32.2 Å². The van der Waals surface area contributed by atoms with E-state index in [4.69, 9.17) is 9.84 Å². The molecule has 0 atom stereocenters. The second-order valence-corrected chi connectivity index (χ2v) is 7.48. The molecule has 1 aliphatic heterocycles. The van der Waals surface area contributed by atoms with Gasteiger partial charge in [-0.2, -0.15) is 5.10 Å². The van der Waals surface area contributed by atoms with Gasteiger partial charge in [0.25, 0.3) is 5.91 Å². The van der Waals surface area contributed by atoms with Crippen molar-refractivity contribution in [3.8, 4) is 17.0 Å². The van der Waals surface area contributed by atoms with Crippen molar-refractivity contribution in [3.05, 3.63) is 71.9 Å². The maximum Gasteiger partial charge on any atom is 0.257 e. The summed E-state index contributed by atoms with van der Waals surface area (Å²) < 4.78 is 7.42. The molecule has 0 bridgehead atoms. The van der Waals surface area contributed by atoms with Gasteiger partial charge in [0, 0.05) is 24.8 Å². The minimum absolute atomic E-state index is 0.0621. The van der Waals surface area contributed by atoms with Gasteiger partial charge in [-0.25, -0.2) is 0 Å². The second kappa shape index (κ2) is 8.95. The van der Waals surface area contributed by atoms with Crippen molar-refractivity contribution >= 4 is 5.91 Å². The third kappa shape index (κ3) is 4.34. The van der Waals surface area contributed by atoms with Crippen LogP contribution in [0.15, 0.2) is 60.8 Å². The summed E-state index contributed by atoms with van der Waals surface area (Å²) in [5.74, 6) is 0.787. The SMILES string of the molecule is COc1ccccc1-c1nn(Cc2ccccc2)cc1C(=O)N1CCCCCC1. The summed E-state index contributed by atoms with van der Waals surface area (Å²) in [6, 6.07) is 17.9. The van der Waals surface area contributed by atoms with Gasteiger partial charge in [0.1, 0.15) is 11.4 Å². The minimum Gasteiger partial charge on any atom is -0.496 e. The largest absolute Gasteiger partial charge is 0.496 e. The fraction of sp³-hybridized carbons (Fsp3) is 0.333. The zero-order chi connectivity index (χ0) is 20.1. The lowest BCUT2D eigenvalue weighted by molar-refractivity contribution is 0.0762. The Bertz CT molecular complexity index is 957. The quantitative estimate of drug-likeness (QED) is 0.639. The Hall–Kier alpha value is -3.08. The summed E-state index contributed by atoms with van der Waals surface area (Å²) in [6.45, 7) is 2.25. The predicted octanol–water partition coefficient (Wildman–Crippen LogP) is 4.62. The first-order valence-electron chi connectivity index (χ1n) is 10.3. The monoisotopic (exact) mass is 389 g/mol. The van der Waals surface area contributed by atoms with Gasteiger partial charge in [0.2, 0.25) is 0 Å². The van der Waals surface area contributed by atoms with E-state index in [0.717, 1.165) is 42.8 Å². The first-order valence-corrected chi connectivity index (χ1v) is 10.3. The number of likely N-dealkylation sites (tertiary alicyclic amines) is 1. The first kappa shape index (κ1) is 19.2. The fourth-order valence-corrected chi connectivity index (χ4v) is 3.91. The van der Waals surface area contributed by atoms with Crippen LogP contribution in [0.5, 0.6) is 5.75 Å². The number of methoxy groups -OCH3 is 1. The Labute approximate surface area is 171 Å². The Morgan fingerprint density at radius 1 is 0.966 bits per heavy atom. The number of rotatable bonds is 5. The van der Waals surface area contributed by atoms with E-state index in [-0.39, 0.29) is 5.91 Å². The molecule has 5 nitrogen and oxygen atoms in total. The van der Waals surface area contributed by atoms with Crippen LogP contribution < -0.4 is 4.74 Å². The number of ether oxygens (including phenoxy) is 1. The molecule has 4 rings (SSSR count). The lowest BCUT2D eigenvalue weighted by atomic mass is 10.1. The number of para-hydroxylation sites is 1. The smallest absolute Gasteiger partial charge is 0.257 e. The van der Waals surface area contributed by atoms with Crippen molar-refractivity contribution in [3.63, 3.8) is 0 Å². The Morgan fingerprint density at radius 2 is 1.66 bits per heavy atom. The van der Waals surface area contributed by atoms with Gasteiger partial charge in [0.15, 0.2) is 0 Å². The average Bonchev–Trinajstić information content (AvgIpc) is 2.98. The Balaban J connectivity index is 1.74. The molecular formula is C24H27N3O2. The normalized spacial score (nSPS) is 14.4. The van der Waals surface area contributed by atoms with Crippen molar-refractivity contribution in [2.24, 2.45) is 0 Å². The minimum atomic E-state index is 0.0621. The summed E-state index contributed by atoms with van der Waals surface area (Å²) in [5, 5.41) is 4.81. The van der Waals surface area contributed by atoms with Gasteiger partial charge in [0.05, 0.1) is 19.2 Å². The maximum absolute atomic E-state index is 13.4. The van der Waals surface area contributed by atoms with E-state index < -0.39 is 0 Å². The number of hydrogen-bond donors (Lipinski definition) is 0. The number of aromatic nitrogens is 2.